The molecule has 2 aromatic rings. The number of hydrogen-bond acceptors (Lipinski definition) is 4. The zero-order chi connectivity index (χ0) is 16.6. The predicted octanol–water partition coefficient (Wildman–Crippen LogP) is 2.92. The van der Waals surface area contributed by atoms with Gasteiger partial charge in [-0.05, 0) is 60.9 Å². The minimum absolute atomic E-state index is 0.0415. The molecule has 122 valence electrons. The van der Waals surface area contributed by atoms with Gasteiger partial charge in [-0.3, -0.25) is 0 Å². The third-order valence-corrected chi connectivity index (χ3v) is 4.93. The highest BCUT2D eigenvalue weighted by Gasteiger charge is 2.31. The summed E-state index contributed by atoms with van der Waals surface area (Å²) < 4.78 is 0. The van der Waals surface area contributed by atoms with Crippen LogP contribution in [0.15, 0.2) is 36.4 Å². The van der Waals surface area contributed by atoms with E-state index in [9.17, 15) is 15.3 Å². The summed E-state index contributed by atoms with van der Waals surface area (Å²) >= 11 is 0. The average Bonchev–Trinajstić information content (AvgIpc) is 2.57. The van der Waals surface area contributed by atoms with Crippen LogP contribution < -0.4 is 5.73 Å². The van der Waals surface area contributed by atoms with Crippen molar-refractivity contribution in [2.24, 2.45) is 5.73 Å². The number of aliphatic hydroxyl groups is 1. The van der Waals surface area contributed by atoms with Crippen molar-refractivity contribution < 1.29 is 15.3 Å². The van der Waals surface area contributed by atoms with E-state index in [-0.39, 0.29) is 23.3 Å². The summed E-state index contributed by atoms with van der Waals surface area (Å²) in [7, 11) is 0. The summed E-state index contributed by atoms with van der Waals surface area (Å²) in [6, 6.07) is 11.3. The molecule has 3 unspecified atom stereocenters. The molecule has 4 nitrogen and oxygen atoms in total. The van der Waals surface area contributed by atoms with Crippen molar-refractivity contribution in [3.8, 4) is 11.5 Å². The number of aliphatic hydroxyl groups excluding tert-OH is 1. The zero-order valence-electron chi connectivity index (χ0n) is 13.2. The van der Waals surface area contributed by atoms with Crippen molar-refractivity contribution in [3.63, 3.8) is 0 Å². The summed E-state index contributed by atoms with van der Waals surface area (Å²) in [5, 5.41) is 30.1. The van der Waals surface area contributed by atoms with Gasteiger partial charge in [-0.15, -0.1) is 0 Å². The van der Waals surface area contributed by atoms with E-state index in [0.29, 0.717) is 13.0 Å². The zero-order valence-corrected chi connectivity index (χ0v) is 13.2. The van der Waals surface area contributed by atoms with Gasteiger partial charge in [0.05, 0.1) is 6.10 Å². The molecule has 0 aliphatic heterocycles. The molecular weight excluding hydrogens is 290 g/mol. The second-order valence-corrected chi connectivity index (χ2v) is 6.38. The van der Waals surface area contributed by atoms with E-state index in [1.54, 1.807) is 6.92 Å². The number of rotatable bonds is 3. The van der Waals surface area contributed by atoms with Crippen LogP contribution in [0, 0.1) is 0 Å². The van der Waals surface area contributed by atoms with Crippen LogP contribution in [-0.4, -0.2) is 21.9 Å². The third-order valence-electron chi connectivity index (χ3n) is 4.93. The first-order valence-corrected chi connectivity index (χ1v) is 8.03. The summed E-state index contributed by atoms with van der Waals surface area (Å²) in [6.45, 7) is 2.25. The molecule has 0 radical (unpaired) electrons. The van der Waals surface area contributed by atoms with Crippen LogP contribution >= 0.6 is 0 Å². The van der Waals surface area contributed by atoms with Gasteiger partial charge in [-0.25, -0.2) is 0 Å². The fourth-order valence-electron chi connectivity index (χ4n) is 3.76. The molecule has 0 fully saturated rings. The first-order valence-electron chi connectivity index (χ1n) is 8.03. The van der Waals surface area contributed by atoms with Crippen molar-refractivity contribution in [1.29, 1.82) is 0 Å². The van der Waals surface area contributed by atoms with Crippen molar-refractivity contribution in [2.45, 2.75) is 37.7 Å². The number of benzene rings is 2. The highest BCUT2D eigenvalue weighted by atomic mass is 16.3. The predicted molar refractivity (Wildman–Crippen MR) is 89.7 cm³/mol. The van der Waals surface area contributed by atoms with Gasteiger partial charge in [0.2, 0.25) is 0 Å². The molecule has 4 heteroatoms. The molecule has 0 saturated carbocycles. The topological polar surface area (TPSA) is 86.7 Å². The summed E-state index contributed by atoms with van der Waals surface area (Å²) in [5.41, 5.74) is 9.75. The van der Waals surface area contributed by atoms with Crippen LogP contribution in [0.3, 0.4) is 0 Å². The maximum atomic E-state index is 10.3. The lowest BCUT2D eigenvalue weighted by Gasteiger charge is -2.33. The molecule has 0 aromatic heterocycles. The molecule has 2 aromatic carbocycles. The molecule has 0 spiro atoms. The molecule has 0 heterocycles. The lowest BCUT2D eigenvalue weighted by Crippen LogP contribution is -2.24. The highest BCUT2D eigenvalue weighted by molar-refractivity contribution is 5.53. The fraction of sp³-hybridized carbons (Fsp3) is 0.368. The van der Waals surface area contributed by atoms with Crippen molar-refractivity contribution in [3.05, 3.63) is 58.7 Å². The molecule has 1 aliphatic rings. The maximum Gasteiger partial charge on any atom is 0.160 e. The van der Waals surface area contributed by atoms with Gasteiger partial charge in [0.1, 0.15) is 0 Å². The van der Waals surface area contributed by atoms with Gasteiger partial charge in [-0.1, -0.05) is 30.3 Å². The number of phenolic OH excluding ortho intramolecular Hbond substituents is 2. The number of hydrogen-bond donors (Lipinski definition) is 4. The number of fused-ring (bicyclic) bond motifs is 1. The second kappa shape index (κ2) is 6.22. The van der Waals surface area contributed by atoms with Gasteiger partial charge in [0, 0.05) is 5.56 Å². The molecule has 0 amide bonds. The van der Waals surface area contributed by atoms with Gasteiger partial charge in [0.25, 0.3) is 0 Å². The Bertz CT molecular complexity index is 712. The van der Waals surface area contributed by atoms with Gasteiger partial charge in [-0.2, -0.15) is 0 Å². The Hall–Kier alpha value is -2.04. The van der Waals surface area contributed by atoms with Crippen LogP contribution in [0.5, 0.6) is 11.5 Å². The van der Waals surface area contributed by atoms with Crippen molar-refractivity contribution >= 4 is 0 Å². The van der Waals surface area contributed by atoms with Crippen LogP contribution in [0.25, 0.3) is 0 Å². The molecule has 0 saturated heterocycles. The quantitative estimate of drug-likeness (QED) is 0.656. The minimum Gasteiger partial charge on any atom is -0.504 e. The SMILES string of the molecule is CC(O)c1ccccc1C1Cc2c(ccc(O)c2O)C(CN)C1. The van der Waals surface area contributed by atoms with E-state index in [1.807, 2.05) is 30.3 Å². The molecule has 3 atom stereocenters. The van der Waals surface area contributed by atoms with E-state index < -0.39 is 6.10 Å². The average molecular weight is 313 g/mol. The Labute approximate surface area is 136 Å². The summed E-state index contributed by atoms with van der Waals surface area (Å²) in [6.07, 6.45) is 0.967. The van der Waals surface area contributed by atoms with Crippen LogP contribution in [0.2, 0.25) is 0 Å². The first kappa shape index (κ1) is 15.8. The molecule has 1 aliphatic carbocycles. The Morgan fingerprint density at radius 3 is 2.57 bits per heavy atom. The Balaban J connectivity index is 2.06. The van der Waals surface area contributed by atoms with Crippen LogP contribution in [0.1, 0.15) is 53.5 Å². The Morgan fingerprint density at radius 2 is 1.87 bits per heavy atom. The highest BCUT2D eigenvalue weighted by Crippen LogP contribution is 2.46. The van der Waals surface area contributed by atoms with E-state index in [4.69, 9.17) is 5.73 Å². The summed E-state index contributed by atoms with van der Waals surface area (Å²) in [4.78, 5) is 0. The lowest BCUT2D eigenvalue weighted by molar-refractivity contribution is 0.197. The standard InChI is InChI=1S/C19H23NO3/c1-11(21)14-4-2-3-5-15(14)12-8-13(10-20)16-6-7-18(22)19(23)17(16)9-12/h2-7,11-13,21-23H,8-10,20H2,1H3. The van der Waals surface area contributed by atoms with E-state index >= 15 is 0 Å². The van der Waals surface area contributed by atoms with E-state index in [2.05, 4.69) is 0 Å². The minimum atomic E-state index is -0.540. The Kier molecular flexibility index (Phi) is 4.28. The normalized spacial score (nSPS) is 21.7. The van der Waals surface area contributed by atoms with Crippen molar-refractivity contribution in [1.82, 2.24) is 0 Å². The smallest absolute Gasteiger partial charge is 0.160 e. The maximum absolute atomic E-state index is 10.3. The van der Waals surface area contributed by atoms with Crippen LogP contribution in [0.4, 0.5) is 0 Å². The molecule has 23 heavy (non-hydrogen) atoms. The van der Waals surface area contributed by atoms with Crippen molar-refractivity contribution in [2.75, 3.05) is 6.54 Å². The van der Waals surface area contributed by atoms with E-state index in [1.165, 1.54) is 6.07 Å². The summed E-state index contributed by atoms with van der Waals surface area (Å²) in [5.74, 6) is 0.163. The van der Waals surface area contributed by atoms with Gasteiger partial charge < -0.3 is 21.1 Å². The number of phenols is 2. The number of aromatic hydroxyl groups is 2. The second-order valence-electron chi connectivity index (χ2n) is 6.38. The largest absolute Gasteiger partial charge is 0.504 e. The molecular formula is C19H23NO3. The molecule has 0 bridgehead atoms. The third kappa shape index (κ3) is 2.80. The molecule has 3 rings (SSSR count). The lowest BCUT2D eigenvalue weighted by atomic mass is 9.72. The molecule has 5 N–H and O–H groups in total. The van der Waals surface area contributed by atoms with Gasteiger partial charge >= 0.3 is 0 Å². The monoisotopic (exact) mass is 313 g/mol. The first-order chi connectivity index (χ1) is 11.0. The van der Waals surface area contributed by atoms with Gasteiger partial charge in [0.15, 0.2) is 11.5 Å². The van der Waals surface area contributed by atoms with E-state index in [0.717, 1.165) is 28.7 Å². The fourth-order valence-corrected chi connectivity index (χ4v) is 3.76. The number of nitrogens with two attached hydrogens (primary N) is 1. The Morgan fingerprint density at radius 1 is 1.13 bits per heavy atom. The van der Waals surface area contributed by atoms with Crippen LogP contribution in [-0.2, 0) is 6.42 Å².